The van der Waals surface area contributed by atoms with Gasteiger partial charge in [0.2, 0.25) is 6.29 Å². The molecule has 6 rings (SSSR count). The Morgan fingerprint density at radius 2 is 1.92 bits per heavy atom. The van der Waals surface area contributed by atoms with Crippen molar-refractivity contribution in [3.8, 4) is 0 Å². The third-order valence-corrected chi connectivity index (χ3v) is 7.96. The molecule has 0 saturated carbocycles. The lowest BCUT2D eigenvalue weighted by Crippen LogP contribution is -2.60. The van der Waals surface area contributed by atoms with Crippen molar-refractivity contribution in [2.45, 2.75) is 56.0 Å². The average Bonchev–Trinajstić information content (AvgIpc) is 3.28. The van der Waals surface area contributed by atoms with Crippen LogP contribution in [0.5, 0.6) is 0 Å². The Morgan fingerprint density at radius 3 is 2.68 bits per heavy atom. The lowest BCUT2D eigenvalue weighted by molar-refractivity contribution is -0.339. The van der Waals surface area contributed by atoms with Crippen LogP contribution in [-0.2, 0) is 25.5 Å². The summed E-state index contributed by atoms with van der Waals surface area (Å²) < 4.78 is 17.1. The summed E-state index contributed by atoms with van der Waals surface area (Å²) in [5.74, 6) is -1.14. The maximum atomic E-state index is 13.5. The number of pyridine rings is 1. The second-order valence-electron chi connectivity index (χ2n) is 9.91. The molecule has 0 radical (unpaired) electrons. The number of carbonyl (C=O) groups excluding carboxylic acids is 1. The van der Waals surface area contributed by atoms with E-state index in [1.807, 2.05) is 12.1 Å². The Bertz CT molecular complexity index is 1340. The number of hydrogen-bond donors (Lipinski definition) is 5. The number of amides is 1. The molecule has 4 aliphatic rings. The van der Waals surface area contributed by atoms with Gasteiger partial charge in [-0.05, 0) is 18.6 Å². The number of aromatic nitrogens is 1. The number of nitrogens with zero attached hydrogens (tertiary/aromatic N) is 1. The fourth-order valence-electron chi connectivity index (χ4n) is 5.96. The van der Waals surface area contributed by atoms with E-state index in [4.69, 9.17) is 14.2 Å². The van der Waals surface area contributed by atoms with Gasteiger partial charge in [0.1, 0.15) is 24.4 Å². The van der Waals surface area contributed by atoms with Gasteiger partial charge in [-0.3, -0.25) is 9.59 Å². The zero-order valence-electron chi connectivity index (χ0n) is 19.8. The molecule has 0 aliphatic carbocycles. The van der Waals surface area contributed by atoms with Crippen LogP contribution in [-0.4, -0.2) is 79.8 Å². The topological polar surface area (TPSA) is 162 Å². The van der Waals surface area contributed by atoms with Gasteiger partial charge in [-0.15, -0.1) is 6.58 Å². The highest BCUT2D eigenvalue weighted by atomic mass is 16.8. The first kappa shape index (κ1) is 24.3. The molecular weight excluding hydrogens is 484 g/mol. The summed E-state index contributed by atoms with van der Waals surface area (Å²) >= 11 is 0. The number of para-hydroxylation sites is 1. The van der Waals surface area contributed by atoms with Crippen molar-refractivity contribution >= 4 is 16.8 Å². The van der Waals surface area contributed by atoms with E-state index in [1.165, 1.54) is 6.26 Å². The summed E-state index contributed by atoms with van der Waals surface area (Å²) in [5, 5.41) is 40.6. The first-order valence-electron chi connectivity index (χ1n) is 12.2. The maximum Gasteiger partial charge on any atom is 0.254 e. The minimum atomic E-state index is -1.60. The summed E-state index contributed by atoms with van der Waals surface area (Å²) in [6, 6.07) is 6.89. The number of ether oxygens (including phenoxy) is 3. The van der Waals surface area contributed by atoms with Crippen molar-refractivity contribution < 1.29 is 39.4 Å². The molecule has 37 heavy (non-hydrogen) atoms. The van der Waals surface area contributed by atoms with Crippen LogP contribution in [0.15, 0.2) is 53.6 Å². The number of benzene rings is 1. The Hall–Kier alpha value is -3.06. The van der Waals surface area contributed by atoms with Crippen LogP contribution >= 0.6 is 0 Å². The van der Waals surface area contributed by atoms with Crippen LogP contribution in [0.25, 0.3) is 10.9 Å². The number of aromatic amines is 1. The number of aliphatic hydroxyl groups is 4. The van der Waals surface area contributed by atoms with Crippen LogP contribution in [0, 0.1) is 11.8 Å². The van der Waals surface area contributed by atoms with Crippen molar-refractivity contribution in [3.63, 3.8) is 0 Å². The first-order valence-corrected chi connectivity index (χ1v) is 12.2. The molecule has 1 aromatic heterocycles. The number of piperidine rings is 1. The van der Waals surface area contributed by atoms with Crippen molar-refractivity contribution in [1.82, 2.24) is 9.88 Å². The van der Waals surface area contributed by atoms with E-state index in [-0.39, 0.29) is 29.8 Å². The van der Waals surface area contributed by atoms with E-state index >= 15 is 0 Å². The highest BCUT2D eigenvalue weighted by Gasteiger charge is 2.51. The Morgan fingerprint density at radius 1 is 1.14 bits per heavy atom. The van der Waals surface area contributed by atoms with Gasteiger partial charge in [-0.25, -0.2) is 0 Å². The Labute approximate surface area is 211 Å². The predicted octanol–water partition coefficient (Wildman–Crippen LogP) is -0.210. The van der Waals surface area contributed by atoms with Crippen LogP contribution in [0.2, 0.25) is 0 Å². The molecule has 2 saturated heterocycles. The molecule has 1 aromatic carbocycles. The number of fused-ring (bicyclic) bond motifs is 5. The normalized spacial score (nSPS) is 36.9. The third-order valence-electron chi connectivity index (χ3n) is 7.96. The van der Waals surface area contributed by atoms with Gasteiger partial charge >= 0.3 is 0 Å². The number of hydrogen-bond acceptors (Lipinski definition) is 9. The first-order chi connectivity index (χ1) is 17.8. The van der Waals surface area contributed by atoms with Gasteiger partial charge < -0.3 is 44.5 Å². The molecule has 4 aliphatic heterocycles. The zero-order chi connectivity index (χ0) is 26.0. The maximum absolute atomic E-state index is 13.5. The number of H-pyrrole nitrogens is 1. The molecule has 11 nitrogen and oxygen atoms in total. The molecule has 9 atom stereocenters. The Balaban J connectivity index is 1.30. The van der Waals surface area contributed by atoms with Crippen LogP contribution in [0.4, 0.5) is 0 Å². The molecule has 2 fully saturated rings. The summed E-state index contributed by atoms with van der Waals surface area (Å²) in [6.07, 6.45) is -4.85. The lowest BCUT2D eigenvalue weighted by Gasteiger charge is -2.45. The standard InChI is InChI=1S/C26H28N2O9/c1-2-11-13-7-17-19-14(20(30)12-5-3-4-6-16(12)27-19)8-28(17)24(34)15(13)10-35-25(11)37-26-23(33)22(32)21(31)18(9-29)36-26/h2-6,10-11,13,17-18,21-23,25-26,29,31-33H,1,7-9H2,(H,27,30). The van der Waals surface area contributed by atoms with E-state index in [1.54, 1.807) is 23.1 Å². The largest absolute Gasteiger partial charge is 0.471 e. The van der Waals surface area contributed by atoms with Gasteiger partial charge in [0, 0.05) is 34.0 Å². The number of rotatable bonds is 4. The molecule has 9 unspecified atom stereocenters. The zero-order valence-corrected chi connectivity index (χ0v) is 19.8. The summed E-state index contributed by atoms with van der Waals surface area (Å²) in [4.78, 5) is 31.7. The van der Waals surface area contributed by atoms with E-state index in [0.717, 1.165) is 5.69 Å². The molecule has 0 spiro atoms. The molecule has 2 aromatic rings. The van der Waals surface area contributed by atoms with E-state index in [0.29, 0.717) is 28.5 Å². The van der Waals surface area contributed by atoms with Crippen molar-refractivity contribution in [3.05, 3.63) is 70.2 Å². The van der Waals surface area contributed by atoms with Gasteiger partial charge in [-0.1, -0.05) is 18.2 Å². The molecule has 5 heterocycles. The fourth-order valence-corrected chi connectivity index (χ4v) is 5.96. The molecule has 196 valence electrons. The molecule has 0 bridgehead atoms. The van der Waals surface area contributed by atoms with Gasteiger partial charge in [0.25, 0.3) is 5.91 Å². The second kappa shape index (κ2) is 9.05. The highest BCUT2D eigenvalue weighted by Crippen LogP contribution is 2.48. The minimum absolute atomic E-state index is 0.0937. The van der Waals surface area contributed by atoms with Gasteiger partial charge in [0.15, 0.2) is 11.7 Å². The van der Waals surface area contributed by atoms with E-state index in [2.05, 4.69) is 11.6 Å². The summed E-state index contributed by atoms with van der Waals surface area (Å²) in [6.45, 7) is 3.51. The highest BCUT2D eigenvalue weighted by molar-refractivity contribution is 5.96. The number of aliphatic hydroxyl groups excluding tert-OH is 4. The number of nitrogens with one attached hydrogen (secondary N) is 1. The van der Waals surface area contributed by atoms with E-state index < -0.39 is 49.5 Å². The van der Waals surface area contributed by atoms with Crippen molar-refractivity contribution in [1.29, 1.82) is 0 Å². The SMILES string of the molecule is C=CC1C(OC2OC(CO)C(O)C(O)C2O)OC=C2C(=O)N3Cc4c([nH]c5ccccc5c4=O)C3CC21. The predicted molar refractivity (Wildman–Crippen MR) is 127 cm³/mol. The average molecular weight is 513 g/mol. The van der Waals surface area contributed by atoms with E-state index in [9.17, 15) is 30.0 Å². The fraction of sp³-hybridized carbons (Fsp3) is 0.462. The van der Waals surface area contributed by atoms with Gasteiger partial charge in [-0.2, -0.15) is 0 Å². The minimum Gasteiger partial charge on any atom is -0.471 e. The summed E-state index contributed by atoms with van der Waals surface area (Å²) in [7, 11) is 0. The smallest absolute Gasteiger partial charge is 0.254 e. The molecule has 1 amide bonds. The molecule has 11 heteroatoms. The van der Waals surface area contributed by atoms with Crippen LogP contribution < -0.4 is 5.43 Å². The Kier molecular flexibility index (Phi) is 5.94. The van der Waals surface area contributed by atoms with Crippen LogP contribution in [0.1, 0.15) is 23.7 Å². The third kappa shape index (κ3) is 3.65. The number of carbonyl (C=O) groups is 1. The molecular formula is C26H28N2O9. The van der Waals surface area contributed by atoms with Gasteiger partial charge in [0.05, 0.1) is 31.0 Å². The quantitative estimate of drug-likeness (QED) is 0.349. The van der Waals surface area contributed by atoms with Crippen LogP contribution in [0.3, 0.4) is 0 Å². The molecule has 5 N–H and O–H groups in total. The monoisotopic (exact) mass is 512 g/mol. The summed E-state index contributed by atoms with van der Waals surface area (Å²) in [5.41, 5.74) is 2.33. The van der Waals surface area contributed by atoms with Crippen molar-refractivity contribution in [2.24, 2.45) is 11.8 Å². The lowest BCUT2D eigenvalue weighted by atomic mass is 9.76. The van der Waals surface area contributed by atoms with Crippen molar-refractivity contribution in [2.75, 3.05) is 6.61 Å². The second-order valence-corrected chi connectivity index (χ2v) is 9.91.